The smallest absolute Gasteiger partial charge is 0.123 e. The maximum absolute atomic E-state index is 13.3. The maximum atomic E-state index is 13.3. The summed E-state index contributed by atoms with van der Waals surface area (Å²) in [5, 5.41) is 11.4. The fraction of sp³-hybridized carbons (Fsp3) is 0.455. The van der Waals surface area contributed by atoms with Crippen LogP contribution in [0.3, 0.4) is 0 Å². The number of hydrogen-bond donors (Lipinski definition) is 1. The predicted molar refractivity (Wildman–Crippen MR) is 101 cm³/mol. The third-order valence-electron chi connectivity index (χ3n) is 5.33. The Bertz CT molecular complexity index is 689. The minimum Gasteiger partial charge on any atom is -0.385 e. The molecule has 3 atom stereocenters. The van der Waals surface area contributed by atoms with Gasteiger partial charge in [-0.3, -0.25) is 0 Å². The van der Waals surface area contributed by atoms with Crippen LogP contribution in [0, 0.1) is 11.7 Å². The van der Waals surface area contributed by atoms with Gasteiger partial charge in [0, 0.05) is 12.5 Å². The van der Waals surface area contributed by atoms with Crippen molar-refractivity contribution >= 4 is 0 Å². The lowest BCUT2D eigenvalue weighted by Gasteiger charge is -2.44. The molecule has 3 nitrogen and oxygen atoms in total. The Hall–Kier alpha value is -1.75. The molecule has 1 aliphatic carbocycles. The van der Waals surface area contributed by atoms with Crippen LogP contribution < -0.4 is 0 Å². The molecule has 1 aliphatic rings. The summed E-state index contributed by atoms with van der Waals surface area (Å²) >= 11 is 0. The Kier molecular flexibility index (Phi) is 6.07. The van der Waals surface area contributed by atoms with Gasteiger partial charge in [-0.2, -0.15) is 0 Å². The van der Waals surface area contributed by atoms with Crippen molar-refractivity contribution in [3.05, 3.63) is 71.5 Å². The molecule has 0 amide bonds. The molecule has 0 spiro atoms. The van der Waals surface area contributed by atoms with Crippen molar-refractivity contribution in [2.24, 2.45) is 5.92 Å². The van der Waals surface area contributed by atoms with E-state index in [2.05, 4.69) is 17.0 Å². The summed E-state index contributed by atoms with van der Waals surface area (Å²) in [6.45, 7) is 1.36. The normalized spacial score (nSPS) is 26.2. The van der Waals surface area contributed by atoms with Gasteiger partial charge < -0.3 is 14.7 Å². The van der Waals surface area contributed by atoms with E-state index in [1.807, 2.05) is 32.3 Å². The van der Waals surface area contributed by atoms with Crippen molar-refractivity contribution in [3.8, 4) is 0 Å². The van der Waals surface area contributed by atoms with Gasteiger partial charge >= 0.3 is 0 Å². The zero-order valence-electron chi connectivity index (χ0n) is 15.6. The summed E-state index contributed by atoms with van der Waals surface area (Å²) in [7, 11) is 4.03. The summed E-state index contributed by atoms with van der Waals surface area (Å²) in [5.74, 6) is -0.237. The van der Waals surface area contributed by atoms with Crippen molar-refractivity contribution in [3.63, 3.8) is 0 Å². The molecule has 2 aromatic carbocycles. The molecular formula is C22H28FNO2. The fourth-order valence-electron chi connectivity index (χ4n) is 3.94. The lowest BCUT2D eigenvalue weighted by atomic mass is 9.70. The van der Waals surface area contributed by atoms with Crippen LogP contribution in [-0.2, 0) is 16.9 Å². The Morgan fingerprint density at radius 3 is 2.46 bits per heavy atom. The van der Waals surface area contributed by atoms with Crippen molar-refractivity contribution in [2.75, 3.05) is 20.6 Å². The van der Waals surface area contributed by atoms with E-state index < -0.39 is 5.60 Å². The van der Waals surface area contributed by atoms with E-state index in [0.29, 0.717) is 13.0 Å². The standard InChI is InChI=1S/C22H28FNO2/c1-24(2)15-19-14-21(26-16-17-6-4-3-5-7-17)12-13-22(19,25)18-8-10-20(23)11-9-18/h3-11,19,21,25H,12-16H2,1-2H3. The highest BCUT2D eigenvalue weighted by Gasteiger charge is 2.43. The van der Waals surface area contributed by atoms with Gasteiger partial charge in [0.25, 0.3) is 0 Å². The Morgan fingerprint density at radius 1 is 1.12 bits per heavy atom. The van der Waals surface area contributed by atoms with E-state index in [4.69, 9.17) is 4.74 Å². The Balaban J connectivity index is 1.71. The molecule has 140 valence electrons. The van der Waals surface area contributed by atoms with Gasteiger partial charge in [-0.05, 0) is 56.6 Å². The summed E-state index contributed by atoms with van der Waals surface area (Å²) < 4.78 is 19.4. The van der Waals surface area contributed by atoms with Gasteiger partial charge in [0.2, 0.25) is 0 Å². The molecular weight excluding hydrogens is 329 g/mol. The van der Waals surface area contributed by atoms with Crippen LogP contribution in [-0.4, -0.2) is 36.8 Å². The number of hydrogen-bond acceptors (Lipinski definition) is 3. The molecule has 3 rings (SSSR count). The first kappa shape index (κ1) is 19.0. The molecule has 3 unspecified atom stereocenters. The number of rotatable bonds is 6. The molecule has 1 saturated carbocycles. The monoisotopic (exact) mass is 357 g/mol. The number of benzene rings is 2. The topological polar surface area (TPSA) is 32.7 Å². The molecule has 2 aromatic rings. The van der Waals surface area contributed by atoms with Crippen LogP contribution >= 0.6 is 0 Å². The molecule has 0 aliphatic heterocycles. The summed E-state index contributed by atoms with van der Waals surface area (Å²) in [6, 6.07) is 16.4. The van der Waals surface area contributed by atoms with Gasteiger partial charge in [-0.1, -0.05) is 42.5 Å². The first-order valence-electron chi connectivity index (χ1n) is 9.26. The van der Waals surface area contributed by atoms with E-state index in [9.17, 15) is 9.50 Å². The van der Waals surface area contributed by atoms with Crippen LogP contribution in [0.5, 0.6) is 0 Å². The molecule has 0 bridgehead atoms. The van der Waals surface area contributed by atoms with E-state index >= 15 is 0 Å². The first-order chi connectivity index (χ1) is 12.5. The molecule has 26 heavy (non-hydrogen) atoms. The predicted octanol–water partition coefficient (Wildman–Crippen LogP) is 3.96. The van der Waals surface area contributed by atoms with Crippen LogP contribution in [0.1, 0.15) is 30.4 Å². The fourth-order valence-corrected chi connectivity index (χ4v) is 3.94. The number of halogens is 1. The van der Waals surface area contributed by atoms with Gasteiger partial charge in [0.1, 0.15) is 5.82 Å². The molecule has 0 heterocycles. The Labute approximate surface area is 155 Å². The number of aliphatic hydroxyl groups is 1. The summed E-state index contributed by atoms with van der Waals surface area (Å²) in [6.07, 6.45) is 2.33. The molecule has 0 aromatic heterocycles. The van der Waals surface area contributed by atoms with E-state index in [1.165, 1.54) is 12.1 Å². The van der Waals surface area contributed by atoms with E-state index in [1.54, 1.807) is 12.1 Å². The SMILES string of the molecule is CN(C)CC1CC(OCc2ccccc2)CCC1(O)c1ccc(F)cc1. The van der Waals surface area contributed by atoms with E-state index in [-0.39, 0.29) is 17.8 Å². The third kappa shape index (κ3) is 4.50. The van der Waals surface area contributed by atoms with Gasteiger partial charge in [-0.25, -0.2) is 4.39 Å². The van der Waals surface area contributed by atoms with Crippen molar-refractivity contribution in [2.45, 2.75) is 37.6 Å². The van der Waals surface area contributed by atoms with Gasteiger partial charge in [-0.15, -0.1) is 0 Å². The average Bonchev–Trinajstić information content (AvgIpc) is 2.63. The van der Waals surface area contributed by atoms with Crippen molar-refractivity contribution < 1.29 is 14.2 Å². The zero-order chi connectivity index (χ0) is 18.6. The van der Waals surface area contributed by atoms with Crippen molar-refractivity contribution in [1.82, 2.24) is 4.90 Å². The first-order valence-corrected chi connectivity index (χ1v) is 9.26. The highest BCUT2D eigenvalue weighted by atomic mass is 19.1. The minimum absolute atomic E-state index is 0.0393. The van der Waals surface area contributed by atoms with Gasteiger partial charge in [0.05, 0.1) is 18.3 Å². The van der Waals surface area contributed by atoms with Crippen LogP contribution in [0.15, 0.2) is 54.6 Å². The quantitative estimate of drug-likeness (QED) is 0.849. The lowest BCUT2D eigenvalue weighted by Crippen LogP contribution is -2.46. The second-order valence-electron chi connectivity index (χ2n) is 7.58. The highest BCUT2D eigenvalue weighted by Crippen LogP contribution is 2.43. The van der Waals surface area contributed by atoms with Gasteiger partial charge in [0.15, 0.2) is 0 Å². The van der Waals surface area contributed by atoms with Crippen LogP contribution in [0.25, 0.3) is 0 Å². The highest BCUT2D eigenvalue weighted by molar-refractivity contribution is 5.25. The van der Waals surface area contributed by atoms with Crippen molar-refractivity contribution in [1.29, 1.82) is 0 Å². The average molecular weight is 357 g/mol. The number of ether oxygens (including phenoxy) is 1. The molecule has 0 radical (unpaired) electrons. The molecule has 0 saturated heterocycles. The zero-order valence-corrected chi connectivity index (χ0v) is 15.6. The second-order valence-corrected chi connectivity index (χ2v) is 7.58. The van der Waals surface area contributed by atoms with Crippen LogP contribution in [0.2, 0.25) is 0 Å². The lowest BCUT2D eigenvalue weighted by molar-refractivity contribution is -0.110. The summed E-state index contributed by atoms with van der Waals surface area (Å²) in [5.41, 5.74) is 1.02. The second kappa shape index (κ2) is 8.30. The van der Waals surface area contributed by atoms with E-state index in [0.717, 1.165) is 30.5 Å². The largest absolute Gasteiger partial charge is 0.385 e. The Morgan fingerprint density at radius 2 is 1.81 bits per heavy atom. The van der Waals surface area contributed by atoms with Crippen LogP contribution in [0.4, 0.5) is 4.39 Å². The molecule has 1 fully saturated rings. The third-order valence-corrected chi connectivity index (χ3v) is 5.33. The number of nitrogens with zero attached hydrogens (tertiary/aromatic N) is 1. The minimum atomic E-state index is -0.940. The summed E-state index contributed by atoms with van der Waals surface area (Å²) in [4.78, 5) is 2.10. The molecule has 4 heteroatoms. The maximum Gasteiger partial charge on any atom is 0.123 e. The molecule has 1 N–H and O–H groups in total.